The fraction of sp³-hybridized carbons (Fsp3) is 0.304. The predicted molar refractivity (Wildman–Crippen MR) is 123 cm³/mol. The maximum atomic E-state index is 13.0. The molecule has 0 unspecified atom stereocenters. The number of hydrogen-bond donors (Lipinski definition) is 0. The Morgan fingerprint density at radius 2 is 1.69 bits per heavy atom. The van der Waals surface area contributed by atoms with Crippen molar-refractivity contribution in [3.63, 3.8) is 0 Å². The Morgan fingerprint density at radius 1 is 0.938 bits per heavy atom. The molecule has 32 heavy (non-hydrogen) atoms. The summed E-state index contributed by atoms with van der Waals surface area (Å²) in [5.74, 6) is 2.19. The molecular formula is C23H26N4O4S. The normalized spacial score (nSPS) is 14.9. The summed E-state index contributed by atoms with van der Waals surface area (Å²) in [7, 11) is -1.92. The Morgan fingerprint density at radius 3 is 2.38 bits per heavy atom. The van der Waals surface area contributed by atoms with Gasteiger partial charge in [0.1, 0.15) is 23.6 Å². The smallest absolute Gasteiger partial charge is 0.243 e. The molecule has 1 fully saturated rings. The van der Waals surface area contributed by atoms with Crippen molar-refractivity contribution in [1.29, 1.82) is 0 Å². The summed E-state index contributed by atoms with van der Waals surface area (Å²) < 4.78 is 38.3. The van der Waals surface area contributed by atoms with Gasteiger partial charge in [-0.05, 0) is 43.3 Å². The Labute approximate surface area is 188 Å². The Balaban J connectivity index is 1.45. The first-order valence-electron chi connectivity index (χ1n) is 10.5. The molecule has 0 radical (unpaired) electrons. The minimum Gasteiger partial charge on any atom is -0.497 e. The van der Waals surface area contributed by atoms with E-state index in [1.165, 1.54) is 10.6 Å². The molecule has 0 spiro atoms. The standard InChI is InChI=1S/C23H26N4O4S/c1-3-31-19-7-9-21(10-8-19)32(28,29)27-13-11-26(12-14-27)23-16-22(24-17-25-23)18-5-4-6-20(15-18)30-2/h4-10,15-17H,3,11-14H2,1-2H3. The molecule has 0 N–H and O–H groups in total. The highest BCUT2D eigenvalue weighted by molar-refractivity contribution is 7.89. The lowest BCUT2D eigenvalue weighted by molar-refractivity contribution is 0.340. The fourth-order valence-corrected chi connectivity index (χ4v) is 5.06. The van der Waals surface area contributed by atoms with Crippen molar-refractivity contribution in [1.82, 2.24) is 14.3 Å². The highest BCUT2D eigenvalue weighted by Gasteiger charge is 2.29. The molecule has 0 atom stereocenters. The molecule has 4 rings (SSSR count). The van der Waals surface area contributed by atoms with E-state index in [0.717, 1.165) is 22.8 Å². The molecule has 2 aromatic carbocycles. The lowest BCUT2D eigenvalue weighted by Crippen LogP contribution is -2.48. The molecule has 0 amide bonds. The van der Waals surface area contributed by atoms with E-state index in [2.05, 4.69) is 14.9 Å². The van der Waals surface area contributed by atoms with Crippen molar-refractivity contribution < 1.29 is 17.9 Å². The van der Waals surface area contributed by atoms with Crippen LogP contribution in [0.2, 0.25) is 0 Å². The van der Waals surface area contributed by atoms with Gasteiger partial charge in [0.25, 0.3) is 0 Å². The van der Waals surface area contributed by atoms with E-state index in [1.54, 1.807) is 31.4 Å². The van der Waals surface area contributed by atoms with Crippen molar-refractivity contribution in [2.24, 2.45) is 0 Å². The van der Waals surface area contributed by atoms with Crippen LogP contribution in [0.5, 0.6) is 11.5 Å². The van der Waals surface area contributed by atoms with Gasteiger partial charge in [0.2, 0.25) is 10.0 Å². The van der Waals surface area contributed by atoms with Gasteiger partial charge >= 0.3 is 0 Å². The van der Waals surface area contributed by atoms with Gasteiger partial charge in [0.15, 0.2) is 0 Å². The van der Waals surface area contributed by atoms with E-state index in [9.17, 15) is 8.42 Å². The number of piperazine rings is 1. The average Bonchev–Trinajstić information content (AvgIpc) is 2.85. The highest BCUT2D eigenvalue weighted by Crippen LogP contribution is 2.26. The third-order valence-corrected chi connectivity index (χ3v) is 7.27. The van der Waals surface area contributed by atoms with Gasteiger partial charge in [0.05, 0.1) is 24.3 Å². The first-order valence-corrected chi connectivity index (χ1v) is 11.9. The van der Waals surface area contributed by atoms with Crippen LogP contribution in [0.15, 0.2) is 65.8 Å². The lowest BCUT2D eigenvalue weighted by Gasteiger charge is -2.34. The maximum Gasteiger partial charge on any atom is 0.243 e. The second-order valence-electron chi connectivity index (χ2n) is 7.29. The molecule has 1 aliphatic rings. The van der Waals surface area contributed by atoms with Crippen LogP contribution in [-0.2, 0) is 10.0 Å². The quantitative estimate of drug-likeness (QED) is 0.542. The van der Waals surface area contributed by atoms with Crippen LogP contribution in [-0.4, -0.2) is 62.6 Å². The second kappa shape index (κ2) is 9.54. The molecule has 1 aliphatic heterocycles. The Hall–Kier alpha value is -3.17. The molecule has 1 aromatic heterocycles. The number of anilines is 1. The van der Waals surface area contributed by atoms with E-state index in [-0.39, 0.29) is 4.90 Å². The number of sulfonamides is 1. The minimum atomic E-state index is -3.55. The molecule has 2 heterocycles. The number of benzene rings is 2. The Kier molecular flexibility index (Phi) is 6.57. The summed E-state index contributed by atoms with van der Waals surface area (Å²) in [6.07, 6.45) is 1.53. The largest absolute Gasteiger partial charge is 0.497 e. The predicted octanol–water partition coefficient (Wildman–Crippen LogP) is 3.06. The first-order chi connectivity index (χ1) is 15.5. The van der Waals surface area contributed by atoms with Crippen molar-refractivity contribution in [2.45, 2.75) is 11.8 Å². The van der Waals surface area contributed by atoms with E-state index < -0.39 is 10.0 Å². The zero-order valence-electron chi connectivity index (χ0n) is 18.1. The van der Waals surface area contributed by atoms with Crippen molar-refractivity contribution in [3.8, 4) is 22.8 Å². The maximum absolute atomic E-state index is 13.0. The van der Waals surface area contributed by atoms with Crippen LogP contribution >= 0.6 is 0 Å². The van der Waals surface area contributed by atoms with Crippen molar-refractivity contribution in [2.75, 3.05) is 44.8 Å². The number of ether oxygens (including phenoxy) is 2. The summed E-state index contributed by atoms with van der Waals surface area (Å²) in [6, 6.07) is 16.2. The summed E-state index contributed by atoms with van der Waals surface area (Å²) >= 11 is 0. The second-order valence-corrected chi connectivity index (χ2v) is 9.23. The van der Waals surface area contributed by atoms with Gasteiger partial charge < -0.3 is 14.4 Å². The van der Waals surface area contributed by atoms with E-state index >= 15 is 0 Å². The van der Waals surface area contributed by atoms with Gasteiger partial charge in [-0.25, -0.2) is 18.4 Å². The number of methoxy groups -OCH3 is 1. The zero-order valence-corrected chi connectivity index (χ0v) is 19.0. The van der Waals surface area contributed by atoms with Crippen LogP contribution < -0.4 is 14.4 Å². The summed E-state index contributed by atoms with van der Waals surface area (Å²) in [5, 5.41) is 0. The van der Waals surface area contributed by atoms with Gasteiger partial charge in [-0.15, -0.1) is 0 Å². The third kappa shape index (κ3) is 4.68. The molecule has 168 valence electrons. The highest BCUT2D eigenvalue weighted by atomic mass is 32.2. The van der Waals surface area contributed by atoms with Crippen LogP contribution in [0.1, 0.15) is 6.92 Å². The van der Waals surface area contributed by atoms with Gasteiger partial charge in [-0.1, -0.05) is 12.1 Å². The Bertz CT molecular complexity index is 1160. The van der Waals surface area contributed by atoms with E-state index in [4.69, 9.17) is 9.47 Å². The van der Waals surface area contributed by atoms with Crippen LogP contribution in [0.25, 0.3) is 11.3 Å². The molecule has 9 heteroatoms. The van der Waals surface area contributed by atoms with Crippen LogP contribution in [0.4, 0.5) is 5.82 Å². The SMILES string of the molecule is CCOc1ccc(S(=O)(=O)N2CCN(c3cc(-c4cccc(OC)c4)ncn3)CC2)cc1. The number of nitrogens with zero attached hydrogens (tertiary/aromatic N) is 4. The third-order valence-electron chi connectivity index (χ3n) is 5.35. The monoisotopic (exact) mass is 454 g/mol. The molecule has 1 saturated heterocycles. The van der Waals surface area contributed by atoms with Crippen LogP contribution in [0, 0.1) is 0 Å². The molecule has 0 aliphatic carbocycles. The fourth-order valence-electron chi connectivity index (χ4n) is 3.64. The molecule has 3 aromatic rings. The lowest BCUT2D eigenvalue weighted by atomic mass is 10.1. The topological polar surface area (TPSA) is 84.9 Å². The summed E-state index contributed by atoms with van der Waals surface area (Å²) in [4.78, 5) is 11.1. The van der Waals surface area contributed by atoms with Crippen molar-refractivity contribution >= 4 is 15.8 Å². The molecule has 8 nitrogen and oxygen atoms in total. The molecular weight excluding hydrogens is 428 g/mol. The molecule has 0 saturated carbocycles. The number of hydrogen-bond acceptors (Lipinski definition) is 7. The van der Waals surface area contributed by atoms with Gasteiger partial charge in [0, 0.05) is 37.8 Å². The number of rotatable bonds is 7. The van der Waals surface area contributed by atoms with E-state index in [1.807, 2.05) is 37.3 Å². The average molecular weight is 455 g/mol. The van der Waals surface area contributed by atoms with E-state index in [0.29, 0.717) is 38.5 Å². The summed E-state index contributed by atoms with van der Waals surface area (Å²) in [6.45, 7) is 4.29. The minimum absolute atomic E-state index is 0.275. The molecule has 0 bridgehead atoms. The summed E-state index contributed by atoms with van der Waals surface area (Å²) in [5.41, 5.74) is 1.73. The van der Waals surface area contributed by atoms with Gasteiger partial charge in [-0.3, -0.25) is 0 Å². The van der Waals surface area contributed by atoms with Gasteiger partial charge in [-0.2, -0.15) is 4.31 Å². The first kappa shape index (κ1) is 22.0. The van der Waals surface area contributed by atoms with Crippen LogP contribution in [0.3, 0.4) is 0 Å². The number of aromatic nitrogens is 2. The van der Waals surface area contributed by atoms with Crippen molar-refractivity contribution in [3.05, 3.63) is 60.9 Å². The zero-order chi connectivity index (χ0) is 22.6.